The summed E-state index contributed by atoms with van der Waals surface area (Å²) in [5.74, 6) is 0. The molecule has 19 aromatic rings. The van der Waals surface area contributed by atoms with Crippen LogP contribution in [0.15, 0.2) is 335 Å². The molecule has 0 amide bonds. The van der Waals surface area contributed by atoms with Gasteiger partial charge in [-0.05, 0) is 156 Å². The molecule has 0 radical (unpaired) electrons. The molecule has 418 valence electrons. The highest BCUT2D eigenvalue weighted by atomic mass is 16.3. The number of fused-ring (bicyclic) bond motifs is 15. The summed E-state index contributed by atoms with van der Waals surface area (Å²) in [4.78, 5) is 0. The third-order valence-corrected chi connectivity index (χ3v) is 14.8. The van der Waals surface area contributed by atoms with Crippen LogP contribution in [0, 0.1) is 0 Å². The van der Waals surface area contributed by atoms with Crippen LogP contribution in [0.1, 0.15) is 74.0 Å². The Labute approximate surface area is 595 Å². The lowest BCUT2D eigenvalue weighted by Crippen LogP contribution is -1.92. The smallest absolute Gasteiger partial charge is 0.143 e. The number of benzene rings is 17. The Morgan fingerprint density at radius 1 is 0.178 bits per heavy atom. The van der Waals surface area contributed by atoms with E-state index in [0.29, 0.717) is 0 Å². The first-order chi connectivity index (χ1) is 67.1. The van der Waals surface area contributed by atoms with Crippen LogP contribution in [0.4, 0.5) is 0 Å². The van der Waals surface area contributed by atoms with Gasteiger partial charge < -0.3 is 8.83 Å². The van der Waals surface area contributed by atoms with Crippen LogP contribution in [-0.4, -0.2) is 0 Å². The molecular formula is C88H54O2. The van der Waals surface area contributed by atoms with Crippen LogP contribution in [0.5, 0.6) is 0 Å². The van der Waals surface area contributed by atoms with Crippen molar-refractivity contribution < 1.29 is 82.9 Å². The molecular weight excluding hydrogens is 1090 g/mol. The number of furan rings is 2. The molecule has 2 aromatic heterocycles. The lowest BCUT2D eigenvalue weighted by Gasteiger charge is -2.19. The van der Waals surface area contributed by atoms with Gasteiger partial charge in [0.25, 0.3) is 0 Å². The van der Waals surface area contributed by atoms with Gasteiger partial charge in [-0.1, -0.05) is 302 Å². The van der Waals surface area contributed by atoms with Gasteiger partial charge in [0.05, 0.1) is 74.0 Å². The molecule has 0 aliphatic carbocycles. The van der Waals surface area contributed by atoms with Crippen LogP contribution in [0.25, 0.3) is 186 Å². The molecule has 2 heterocycles. The van der Waals surface area contributed by atoms with Gasteiger partial charge in [-0.15, -0.1) is 0 Å². The van der Waals surface area contributed by atoms with E-state index in [0.717, 1.165) is 0 Å². The van der Waals surface area contributed by atoms with Crippen molar-refractivity contribution in [1.29, 1.82) is 0 Å². The maximum atomic E-state index is 9.57. The van der Waals surface area contributed by atoms with Gasteiger partial charge in [0, 0.05) is 32.3 Å². The van der Waals surface area contributed by atoms with Crippen LogP contribution in [0.3, 0.4) is 0 Å². The monoisotopic (exact) mass is 1200 g/mol. The first-order valence-corrected chi connectivity index (χ1v) is 26.6. The van der Waals surface area contributed by atoms with E-state index in [9.17, 15) is 23.3 Å². The van der Waals surface area contributed by atoms with Gasteiger partial charge in [0.1, 0.15) is 22.3 Å². The fourth-order valence-electron chi connectivity index (χ4n) is 11.1. The first kappa shape index (κ1) is 20.9. The standard InChI is InChI=1S/C48H30O.C40H24O/c1-2-11-31(12-3-1)32-21-23-33(24-22-32)34-25-27-36(28-26-34)45-38-15-6-8-17-40(38)46(41-18-9-7-16-39(41)45)42-19-10-20-44-47(42)43-30-29-35-13-4-5-14-37(35)48(43)49-44;1-3-14-27-25(11-1)13-9-20-29(27)37-30-16-5-7-18-32(30)38(33-19-8-6-17-31(33)37)34-21-10-22-36-39(34)35-24-23-26-12-2-4-15-28(26)40(35)41-36/h1-30H;1-24H/i1D,2D,3D,4D,5D,6D,7D,8D,9D,10D,11D,12D,13D,14D,15D,16D,17D,18D,19D,20D,21D,22D,23D,24D,25D,26D,27D,28D,29D,30D;1D,2D,3D,4D,5D,6D,7D,8D,9D,10D,11D,12D,13D,14D,15D,16D,17D,18D,19D,20D,21D,22D,23D,24D. The third kappa shape index (κ3) is 8.19. The van der Waals surface area contributed by atoms with Crippen molar-refractivity contribution in [1.82, 2.24) is 0 Å². The van der Waals surface area contributed by atoms with Crippen molar-refractivity contribution in [3.63, 3.8) is 0 Å². The lowest BCUT2D eigenvalue weighted by molar-refractivity contribution is 0.672. The van der Waals surface area contributed by atoms with Crippen molar-refractivity contribution in [3.8, 4) is 66.8 Å². The zero-order valence-electron chi connectivity index (χ0n) is 98.8. The topological polar surface area (TPSA) is 26.3 Å². The Balaban J connectivity index is 0.000000193. The number of rotatable bonds is 6. The number of hydrogen-bond donors (Lipinski definition) is 0. The molecule has 90 heavy (non-hydrogen) atoms. The minimum absolute atomic E-state index is 0.427. The SMILES string of the molecule is [2H]c1c([2H])c(-c2c3c([2H])c([2H])c([2H])c([2H])c3c(-c3c([2H])c([2H])c([2H])c4c([2H])c([2H])c([2H])c([2H])c34)c3c([2H])c([2H])c([2H])c([2H])c23)c2c(oc3c4c([2H])c([2H])c([2H])c([2H])c4c([2H])c([2H])c32)c1[2H].[2H]c1c([2H])c([2H])c(-c2c([2H])c([2H])c(-c3c([2H])c([2H])c(-c4c5c([2H])c([2H])c([2H])c([2H])c5c(-c5c([2H])c([2H])c([2H])c6oc7c8c([2H])c([2H])c([2H])c([2H])c8c([2H])c([2H])c7c56)c5c([2H])c([2H])c([2H])c([2H])c45)c([2H])c3[2H])c([2H])c2[2H])c([2H])c1[2H]. The van der Waals surface area contributed by atoms with E-state index in [1.54, 1.807) is 0 Å². The van der Waals surface area contributed by atoms with Crippen molar-refractivity contribution in [2.75, 3.05) is 0 Å². The van der Waals surface area contributed by atoms with Gasteiger partial charge in [-0.3, -0.25) is 0 Å². The molecule has 2 heteroatoms. The normalized spacial score (nSPS) is 20.2. The summed E-state index contributed by atoms with van der Waals surface area (Å²) < 4.78 is 495. The van der Waals surface area contributed by atoms with E-state index in [2.05, 4.69) is 0 Å². The van der Waals surface area contributed by atoms with Gasteiger partial charge in [-0.25, -0.2) is 0 Å². The van der Waals surface area contributed by atoms with Crippen molar-refractivity contribution in [3.05, 3.63) is 326 Å². The average Bonchev–Trinajstić information content (AvgIpc) is 1.36. The van der Waals surface area contributed by atoms with Crippen molar-refractivity contribution in [2.24, 2.45) is 0 Å². The molecule has 0 unspecified atom stereocenters. The second kappa shape index (κ2) is 21.0. The van der Waals surface area contributed by atoms with Gasteiger partial charge in [0.15, 0.2) is 0 Å². The summed E-state index contributed by atoms with van der Waals surface area (Å²) in [7, 11) is 0. The molecule has 0 aliphatic heterocycles. The predicted octanol–water partition coefficient (Wildman–Crippen LogP) is 25.2. The molecule has 0 bridgehead atoms. The molecule has 19 rings (SSSR count). The Morgan fingerprint density at radius 3 is 0.889 bits per heavy atom. The summed E-state index contributed by atoms with van der Waals surface area (Å²) in [6.45, 7) is 0. The average molecular weight is 1200 g/mol. The van der Waals surface area contributed by atoms with Gasteiger partial charge in [0.2, 0.25) is 0 Å². The lowest BCUT2D eigenvalue weighted by atomic mass is 9.84. The van der Waals surface area contributed by atoms with E-state index in [1.165, 1.54) is 0 Å². The molecule has 0 saturated carbocycles. The highest BCUT2D eigenvalue weighted by molar-refractivity contribution is 6.30. The summed E-state index contributed by atoms with van der Waals surface area (Å²) in [5.41, 5.74) is -11.3. The Kier molecular flexibility index (Phi) is 4.87. The largest absolute Gasteiger partial charge is 0.455 e. The summed E-state index contributed by atoms with van der Waals surface area (Å²) in [6.07, 6.45) is 0. The second-order valence-electron chi connectivity index (χ2n) is 19.5. The summed E-state index contributed by atoms with van der Waals surface area (Å²) >= 11 is 0. The van der Waals surface area contributed by atoms with Crippen molar-refractivity contribution in [2.45, 2.75) is 0 Å². The molecule has 0 spiro atoms. The third-order valence-electron chi connectivity index (χ3n) is 14.8. The fraction of sp³-hybridized carbons (Fsp3) is 0. The van der Waals surface area contributed by atoms with E-state index >= 15 is 0 Å². The van der Waals surface area contributed by atoms with Crippen LogP contribution >= 0.6 is 0 Å². The van der Waals surface area contributed by atoms with Gasteiger partial charge >= 0.3 is 0 Å². The Bertz CT molecular complexity index is 9230. The van der Waals surface area contributed by atoms with Crippen LogP contribution in [-0.2, 0) is 0 Å². The molecule has 17 aromatic carbocycles. The molecule has 0 N–H and O–H groups in total. The Hall–Kier alpha value is -11.8. The highest BCUT2D eigenvalue weighted by Crippen LogP contribution is 2.51. The highest BCUT2D eigenvalue weighted by Gasteiger charge is 2.24. The summed E-state index contributed by atoms with van der Waals surface area (Å²) in [5, 5.41) is -10.8. The van der Waals surface area contributed by atoms with E-state index < -0.39 is 512 Å². The first-order valence-electron chi connectivity index (χ1n) is 53.6. The maximum Gasteiger partial charge on any atom is 0.143 e. The predicted molar refractivity (Wildman–Crippen MR) is 383 cm³/mol. The molecule has 0 saturated heterocycles. The fourth-order valence-corrected chi connectivity index (χ4v) is 11.1. The molecule has 0 fully saturated rings. The van der Waals surface area contributed by atoms with E-state index in [1.807, 2.05) is 0 Å². The zero-order chi connectivity index (χ0) is 106. The number of hydrogen-bond acceptors (Lipinski definition) is 2. The summed E-state index contributed by atoms with van der Waals surface area (Å²) in [6, 6.07) is -49.6. The molecule has 0 atom stereocenters. The zero-order valence-corrected chi connectivity index (χ0v) is 44.8. The maximum absolute atomic E-state index is 9.57. The van der Waals surface area contributed by atoms with Crippen LogP contribution in [0.2, 0.25) is 0 Å². The van der Waals surface area contributed by atoms with Crippen molar-refractivity contribution >= 4 is 119 Å². The van der Waals surface area contributed by atoms with Crippen LogP contribution < -0.4 is 0 Å². The van der Waals surface area contributed by atoms with Gasteiger partial charge in [-0.2, -0.15) is 0 Å². The van der Waals surface area contributed by atoms with E-state index in [-0.39, 0.29) is 0 Å². The minimum Gasteiger partial charge on any atom is -0.455 e. The quantitative estimate of drug-likeness (QED) is 0.155. The second-order valence-corrected chi connectivity index (χ2v) is 19.5. The Morgan fingerprint density at radius 2 is 0.467 bits per heavy atom. The molecule has 2 nitrogen and oxygen atoms in total. The van der Waals surface area contributed by atoms with E-state index in [4.69, 9.17) is 59.6 Å². The molecule has 0 aliphatic rings. The minimum atomic E-state index is -1.15.